The quantitative estimate of drug-likeness (QED) is 0.110. The van der Waals surface area contributed by atoms with Crippen LogP contribution in [0.2, 0.25) is 0 Å². The van der Waals surface area contributed by atoms with Crippen LogP contribution in [-0.2, 0) is 19.4 Å². The predicted molar refractivity (Wildman–Crippen MR) is 192 cm³/mol. The lowest BCUT2D eigenvalue weighted by Gasteiger charge is -2.16. The van der Waals surface area contributed by atoms with Crippen molar-refractivity contribution < 1.29 is 9.47 Å². The summed E-state index contributed by atoms with van der Waals surface area (Å²) in [6.45, 7) is 4.33. The predicted octanol–water partition coefficient (Wildman–Crippen LogP) is 5.27. The van der Waals surface area contributed by atoms with Gasteiger partial charge in [0.2, 0.25) is 0 Å². The molecule has 4 N–H and O–H groups in total. The average molecular weight is 757 g/mol. The van der Waals surface area contributed by atoms with Crippen LogP contribution in [-0.4, -0.2) is 90.8 Å². The first kappa shape index (κ1) is 35.4. The lowest BCUT2D eigenvalue weighted by molar-refractivity contribution is 0.260. The standard InChI is InChI=1S/C34H44Br2N8O2/c1-41(2)17-19-45-33-11-5-25(21-29(33)35)13-15-43(38)23-31(37)27-7-9-28(10-8-27)32-24-44(40-39-32)16-14-26-6-12-34(30(36)22-26)46-20-18-42(3)4/h5-12,21-24H,13-20,37-38H2,1-4H3/b31-23-. The van der Waals surface area contributed by atoms with Gasteiger partial charge in [-0.3, -0.25) is 4.68 Å². The number of hydrogen-bond acceptors (Lipinski definition) is 9. The van der Waals surface area contributed by atoms with Gasteiger partial charge in [0.1, 0.15) is 30.4 Å². The molecule has 0 fully saturated rings. The summed E-state index contributed by atoms with van der Waals surface area (Å²) in [7, 11) is 8.11. The van der Waals surface area contributed by atoms with E-state index in [0.717, 1.165) is 68.8 Å². The molecule has 0 atom stereocenters. The van der Waals surface area contributed by atoms with Gasteiger partial charge >= 0.3 is 0 Å². The normalized spacial score (nSPS) is 11.8. The Morgan fingerprint density at radius 3 is 1.91 bits per heavy atom. The van der Waals surface area contributed by atoms with Crippen LogP contribution in [0.3, 0.4) is 0 Å². The largest absolute Gasteiger partial charge is 0.491 e. The van der Waals surface area contributed by atoms with E-state index in [1.54, 1.807) is 11.2 Å². The Bertz CT molecular complexity index is 1570. The molecule has 0 radical (unpaired) electrons. The molecule has 46 heavy (non-hydrogen) atoms. The van der Waals surface area contributed by atoms with Crippen LogP contribution in [0, 0.1) is 0 Å². The maximum Gasteiger partial charge on any atom is 0.133 e. The van der Waals surface area contributed by atoms with Crippen LogP contribution in [0.5, 0.6) is 11.5 Å². The maximum atomic E-state index is 6.39. The average Bonchev–Trinajstić information content (AvgIpc) is 3.50. The zero-order valence-electron chi connectivity index (χ0n) is 27.0. The zero-order chi connectivity index (χ0) is 33.1. The minimum Gasteiger partial charge on any atom is -0.491 e. The Morgan fingerprint density at radius 1 is 0.804 bits per heavy atom. The van der Waals surface area contributed by atoms with Crippen LogP contribution in [0.1, 0.15) is 16.7 Å². The van der Waals surface area contributed by atoms with Crippen molar-refractivity contribution in [1.29, 1.82) is 0 Å². The Balaban J connectivity index is 1.26. The van der Waals surface area contributed by atoms with Crippen molar-refractivity contribution in [2.24, 2.45) is 11.6 Å². The van der Waals surface area contributed by atoms with E-state index < -0.39 is 0 Å². The van der Waals surface area contributed by atoms with E-state index in [1.165, 1.54) is 5.56 Å². The number of nitrogens with zero attached hydrogens (tertiary/aromatic N) is 6. The molecule has 3 aromatic carbocycles. The second-order valence-corrected chi connectivity index (χ2v) is 13.3. The van der Waals surface area contributed by atoms with Gasteiger partial charge in [-0.15, -0.1) is 5.10 Å². The third-order valence-corrected chi connectivity index (χ3v) is 8.47. The van der Waals surface area contributed by atoms with Crippen molar-refractivity contribution in [3.8, 4) is 22.8 Å². The molecule has 246 valence electrons. The van der Waals surface area contributed by atoms with E-state index in [-0.39, 0.29) is 0 Å². The second kappa shape index (κ2) is 17.5. The molecular weight excluding hydrogens is 712 g/mol. The molecule has 0 aliphatic heterocycles. The number of hydrogen-bond donors (Lipinski definition) is 2. The molecule has 0 bridgehead atoms. The highest BCUT2D eigenvalue weighted by Crippen LogP contribution is 2.27. The Morgan fingerprint density at radius 2 is 1.37 bits per heavy atom. The van der Waals surface area contributed by atoms with Crippen LogP contribution in [0.25, 0.3) is 17.0 Å². The number of halogens is 2. The number of ether oxygens (including phenoxy) is 2. The fourth-order valence-electron chi connectivity index (χ4n) is 4.50. The van der Waals surface area contributed by atoms with Crippen molar-refractivity contribution in [2.45, 2.75) is 19.4 Å². The lowest BCUT2D eigenvalue weighted by Crippen LogP contribution is -2.28. The molecule has 1 heterocycles. The molecule has 0 saturated carbocycles. The Hall–Kier alpha value is -3.42. The topological polar surface area (TPSA) is 111 Å². The van der Waals surface area contributed by atoms with Gasteiger partial charge < -0.3 is 30.0 Å². The number of nitrogens with two attached hydrogens (primary N) is 2. The molecule has 0 unspecified atom stereocenters. The second-order valence-electron chi connectivity index (χ2n) is 11.6. The van der Waals surface area contributed by atoms with E-state index in [4.69, 9.17) is 21.1 Å². The number of rotatable bonds is 17. The summed E-state index contributed by atoms with van der Waals surface area (Å²) < 4.78 is 15.5. The van der Waals surface area contributed by atoms with E-state index in [9.17, 15) is 0 Å². The van der Waals surface area contributed by atoms with Crippen molar-refractivity contribution in [3.63, 3.8) is 0 Å². The molecule has 0 aliphatic rings. The van der Waals surface area contributed by atoms with Crippen molar-refractivity contribution in [3.05, 3.63) is 98.7 Å². The van der Waals surface area contributed by atoms with Crippen LogP contribution in [0.4, 0.5) is 0 Å². The highest BCUT2D eigenvalue weighted by Gasteiger charge is 2.09. The number of likely N-dealkylation sites (N-methyl/N-ethyl adjacent to an activating group) is 2. The summed E-state index contributed by atoms with van der Waals surface area (Å²) in [6, 6.07) is 20.3. The number of aryl methyl sites for hydroxylation is 2. The minimum atomic E-state index is 0.587. The van der Waals surface area contributed by atoms with Gasteiger partial charge in [0.25, 0.3) is 0 Å². The van der Waals surface area contributed by atoms with Crippen LogP contribution >= 0.6 is 31.9 Å². The first-order valence-electron chi connectivity index (χ1n) is 15.2. The Labute approximate surface area is 289 Å². The summed E-state index contributed by atoms with van der Waals surface area (Å²) in [5.74, 6) is 7.95. The minimum absolute atomic E-state index is 0.587. The molecule has 1 aromatic heterocycles. The molecule has 12 heteroatoms. The van der Waals surface area contributed by atoms with Gasteiger partial charge in [-0.1, -0.05) is 41.6 Å². The van der Waals surface area contributed by atoms with Gasteiger partial charge in [-0.2, -0.15) is 0 Å². The molecule has 10 nitrogen and oxygen atoms in total. The Kier molecular flexibility index (Phi) is 13.5. The van der Waals surface area contributed by atoms with Crippen molar-refractivity contribution in [2.75, 3.05) is 61.0 Å². The van der Waals surface area contributed by atoms with E-state index in [1.807, 2.05) is 75.5 Å². The lowest BCUT2D eigenvalue weighted by atomic mass is 10.1. The highest BCUT2D eigenvalue weighted by molar-refractivity contribution is 9.10. The third kappa shape index (κ3) is 11.1. The van der Waals surface area contributed by atoms with Gasteiger partial charge in [0.05, 0.1) is 20.8 Å². The fraction of sp³-hybridized carbons (Fsp3) is 0.353. The molecule has 0 amide bonds. The highest BCUT2D eigenvalue weighted by atomic mass is 79.9. The third-order valence-electron chi connectivity index (χ3n) is 7.23. The van der Waals surface area contributed by atoms with Gasteiger partial charge in [-0.05, 0) is 114 Å². The van der Waals surface area contributed by atoms with Crippen molar-refractivity contribution in [1.82, 2.24) is 29.8 Å². The molecule has 0 aliphatic carbocycles. The summed E-state index contributed by atoms with van der Waals surface area (Å²) in [5, 5.41) is 10.3. The fourth-order valence-corrected chi connectivity index (χ4v) is 5.58. The summed E-state index contributed by atoms with van der Waals surface area (Å²) >= 11 is 7.25. The van der Waals surface area contributed by atoms with Gasteiger partial charge in [0, 0.05) is 37.9 Å². The molecule has 0 saturated heterocycles. The summed E-state index contributed by atoms with van der Waals surface area (Å²) in [5.41, 5.74) is 12.0. The van der Waals surface area contributed by atoms with Crippen molar-refractivity contribution >= 4 is 37.6 Å². The zero-order valence-corrected chi connectivity index (χ0v) is 30.2. The van der Waals surface area contributed by atoms with Crippen LogP contribution in [0.15, 0.2) is 82.0 Å². The SMILES string of the molecule is CN(C)CCOc1ccc(CCN(N)/C=C(\N)c2ccc(-c3cn(CCc4ccc(OCCN(C)C)c(Br)c4)nn3)cc2)cc1Br. The van der Waals surface area contributed by atoms with Gasteiger partial charge in [0.15, 0.2) is 0 Å². The molecular formula is C34H44Br2N8O2. The van der Waals surface area contributed by atoms with E-state index in [2.05, 4.69) is 76.2 Å². The maximum absolute atomic E-state index is 6.39. The first-order chi connectivity index (χ1) is 22.1. The van der Waals surface area contributed by atoms with Gasteiger partial charge in [-0.25, -0.2) is 5.84 Å². The number of aromatic nitrogens is 3. The van der Waals surface area contributed by atoms with E-state index in [0.29, 0.717) is 32.0 Å². The van der Waals surface area contributed by atoms with Crippen LogP contribution < -0.4 is 21.1 Å². The number of benzene rings is 3. The molecule has 0 spiro atoms. The summed E-state index contributed by atoms with van der Waals surface area (Å²) in [4.78, 5) is 4.18. The summed E-state index contributed by atoms with van der Waals surface area (Å²) in [6.07, 6.45) is 5.31. The first-order valence-corrected chi connectivity index (χ1v) is 16.8. The van der Waals surface area contributed by atoms with E-state index >= 15 is 0 Å². The molecule has 4 rings (SSSR count). The monoisotopic (exact) mass is 754 g/mol. The molecule has 4 aromatic rings. The smallest absolute Gasteiger partial charge is 0.133 e. The number of hydrazine groups is 1.